The molecule has 1 aliphatic heterocycles. The van der Waals surface area contributed by atoms with Crippen LogP contribution in [0.15, 0.2) is 61.2 Å². The number of hydrogen-bond donors (Lipinski definition) is 0. The zero-order valence-corrected chi connectivity index (χ0v) is 18.7. The number of anilines is 2. The monoisotopic (exact) mass is 421 g/mol. The highest BCUT2D eigenvalue weighted by molar-refractivity contribution is 5.86. The first-order chi connectivity index (χ1) is 15.6. The Hall–Kier alpha value is -3.78. The van der Waals surface area contributed by atoms with Gasteiger partial charge in [0.1, 0.15) is 11.9 Å². The van der Waals surface area contributed by atoms with Crippen LogP contribution in [-0.4, -0.2) is 35.6 Å². The van der Waals surface area contributed by atoms with Crippen molar-refractivity contribution in [3.05, 3.63) is 83.4 Å². The number of fused-ring (bicyclic) bond motifs is 3. The van der Waals surface area contributed by atoms with E-state index in [1.165, 1.54) is 11.3 Å². The van der Waals surface area contributed by atoms with E-state index in [-0.39, 0.29) is 0 Å². The minimum atomic E-state index is 0.653. The van der Waals surface area contributed by atoms with E-state index in [4.69, 9.17) is 4.98 Å². The van der Waals surface area contributed by atoms with Crippen molar-refractivity contribution in [3.8, 4) is 6.07 Å². The standard InChI is InChI=1S/C27H27N5/c1-4-7-22-20(3)23(18-28)26-29-24-8-5-6-9-25(24)32(26)27(22)31-16-14-30(15-17-31)21-12-10-19(2)11-13-21/h4-6,8-13H,1,7,14-17H2,2-3H3. The predicted octanol–water partition coefficient (Wildman–Crippen LogP) is 5.03. The summed E-state index contributed by atoms with van der Waals surface area (Å²) in [4.78, 5) is 9.76. The average molecular weight is 422 g/mol. The molecule has 3 heterocycles. The van der Waals surface area contributed by atoms with Gasteiger partial charge < -0.3 is 9.80 Å². The van der Waals surface area contributed by atoms with Crippen LogP contribution in [0.3, 0.4) is 0 Å². The van der Waals surface area contributed by atoms with Crippen LogP contribution >= 0.6 is 0 Å². The van der Waals surface area contributed by atoms with Crippen molar-refractivity contribution in [2.75, 3.05) is 36.0 Å². The summed E-state index contributed by atoms with van der Waals surface area (Å²) in [7, 11) is 0. The molecular weight excluding hydrogens is 394 g/mol. The van der Waals surface area contributed by atoms with E-state index in [0.29, 0.717) is 5.56 Å². The summed E-state index contributed by atoms with van der Waals surface area (Å²) in [5.74, 6) is 1.15. The predicted molar refractivity (Wildman–Crippen MR) is 132 cm³/mol. The summed E-state index contributed by atoms with van der Waals surface area (Å²) < 4.78 is 2.20. The van der Waals surface area contributed by atoms with Crippen molar-refractivity contribution in [2.24, 2.45) is 0 Å². The highest BCUT2D eigenvalue weighted by Gasteiger charge is 2.26. The van der Waals surface area contributed by atoms with E-state index in [9.17, 15) is 5.26 Å². The Labute approximate surface area is 188 Å². The molecule has 0 N–H and O–H groups in total. The van der Waals surface area contributed by atoms with E-state index >= 15 is 0 Å². The second kappa shape index (κ2) is 8.05. The van der Waals surface area contributed by atoms with Crippen molar-refractivity contribution < 1.29 is 0 Å². The lowest BCUT2D eigenvalue weighted by atomic mass is 10.0. The first kappa shape index (κ1) is 20.1. The molecule has 0 spiro atoms. The highest BCUT2D eigenvalue weighted by Crippen LogP contribution is 2.34. The first-order valence-electron chi connectivity index (χ1n) is 11.1. The molecule has 160 valence electrons. The number of nitriles is 1. The number of allylic oxidation sites excluding steroid dienone is 1. The van der Waals surface area contributed by atoms with Crippen LogP contribution in [0.5, 0.6) is 0 Å². The van der Waals surface area contributed by atoms with Crippen LogP contribution in [-0.2, 0) is 6.42 Å². The zero-order chi connectivity index (χ0) is 22.2. The minimum absolute atomic E-state index is 0.653. The number of piperazine rings is 1. The van der Waals surface area contributed by atoms with E-state index in [0.717, 1.165) is 66.2 Å². The molecule has 4 aromatic rings. The van der Waals surface area contributed by atoms with Gasteiger partial charge in [-0.05, 0) is 50.1 Å². The van der Waals surface area contributed by atoms with Crippen LogP contribution in [0.4, 0.5) is 11.5 Å². The van der Waals surface area contributed by atoms with Crippen LogP contribution in [0, 0.1) is 25.2 Å². The van der Waals surface area contributed by atoms with Gasteiger partial charge in [0.25, 0.3) is 0 Å². The summed E-state index contributed by atoms with van der Waals surface area (Å²) in [5.41, 5.74) is 8.08. The summed E-state index contributed by atoms with van der Waals surface area (Å²) in [6, 6.07) is 19.3. The number of para-hydroxylation sites is 2. The summed E-state index contributed by atoms with van der Waals surface area (Å²) in [6.45, 7) is 11.9. The third kappa shape index (κ3) is 3.20. The number of rotatable bonds is 4. The van der Waals surface area contributed by atoms with Gasteiger partial charge in [-0.1, -0.05) is 35.9 Å². The Morgan fingerprint density at radius 1 is 1.00 bits per heavy atom. The molecule has 0 saturated carbocycles. The SMILES string of the molecule is C=CCc1c(C)c(C#N)c2nc3ccccc3n2c1N1CCN(c2ccc(C)cc2)CC1. The third-order valence-electron chi connectivity index (χ3n) is 6.53. The third-order valence-corrected chi connectivity index (χ3v) is 6.53. The van der Waals surface area contributed by atoms with Crippen LogP contribution in [0.1, 0.15) is 22.3 Å². The lowest BCUT2D eigenvalue weighted by molar-refractivity contribution is 0.643. The second-order valence-corrected chi connectivity index (χ2v) is 8.48. The molecule has 5 nitrogen and oxygen atoms in total. The van der Waals surface area contributed by atoms with E-state index in [1.54, 1.807) is 0 Å². The Morgan fingerprint density at radius 2 is 1.69 bits per heavy atom. The molecule has 0 aliphatic carbocycles. The molecule has 0 atom stereocenters. The summed E-state index contributed by atoms with van der Waals surface area (Å²) in [6.07, 6.45) is 2.65. The van der Waals surface area contributed by atoms with E-state index < -0.39 is 0 Å². The van der Waals surface area contributed by atoms with Gasteiger partial charge in [0.2, 0.25) is 0 Å². The maximum atomic E-state index is 9.97. The lowest BCUT2D eigenvalue weighted by Gasteiger charge is -2.38. The Morgan fingerprint density at radius 3 is 2.38 bits per heavy atom. The molecule has 0 amide bonds. The molecule has 0 unspecified atom stereocenters. The first-order valence-corrected chi connectivity index (χ1v) is 11.1. The molecule has 0 radical (unpaired) electrons. The van der Waals surface area contributed by atoms with Crippen molar-refractivity contribution in [2.45, 2.75) is 20.3 Å². The quantitative estimate of drug-likeness (QED) is 0.434. The van der Waals surface area contributed by atoms with Gasteiger partial charge >= 0.3 is 0 Å². The smallest absolute Gasteiger partial charge is 0.157 e. The van der Waals surface area contributed by atoms with E-state index in [1.807, 2.05) is 31.2 Å². The maximum absolute atomic E-state index is 9.97. The van der Waals surface area contributed by atoms with Gasteiger partial charge in [-0.2, -0.15) is 5.26 Å². The normalized spacial score (nSPS) is 14.2. The van der Waals surface area contributed by atoms with Crippen LogP contribution < -0.4 is 9.80 Å². The lowest BCUT2D eigenvalue weighted by Crippen LogP contribution is -2.47. The minimum Gasteiger partial charge on any atom is -0.368 e. The van der Waals surface area contributed by atoms with Crippen LogP contribution in [0.2, 0.25) is 0 Å². The molecule has 1 aliphatic rings. The average Bonchev–Trinajstić information content (AvgIpc) is 3.19. The number of aryl methyl sites for hydroxylation is 1. The molecule has 1 fully saturated rings. The topological polar surface area (TPSA) is 47.6 Å². The fourth-order valence-electron chi connectivity index (χ4n) is 4.82. The Kier molecular flexibility index (Phi) is 5.07. The molecular formula is C27H27N5. The summed E-state index contributed by atoms with van der Waals surface area (Å²) >= 11 is 0. The molecule has 5 heteroatoms. The summed E-state index contributed by atoms with van der Waals surface area (Å²) in [5, 5.41) is 9.97. The number of hydrogen-bond acceptors (Lipinski definition) is 4. The zero-order valence-electron chi connectivity index (χ0n) is 18.7. The fraction of sp³-hybridized carbons (Fsp3) is 0.259. The maximum Gasteiger partial charge on any atom is 0.157 e. The van der Waals surface area contributed by atoms with Gasteiger partial charge in [0.05, 0.1) is 16.6 Å². The van der Waals surface area contributed by atoms with Gasteiger partial charge in [-0.25, -0.2) is 4.98 Å². The number of aromatic nitrogens is 2. The molecule has 32 heavy (non-hydrogen) atoms. The van der Waals surface area contributed by atoms with Gasteiger partial charge in [0.15, 0.2) is 5.65 Å². The number of imidazole rings is 1. The largest absolute Gasteiger partial charge is 0.368 e. The Balaban J connectivity index is 1.63. The van der Waals surface area contributed by atoms with E-state index in [2.05, 4.69) is 64.1 Å². The second-order valence-electron chi connectivity index (χ2n) is 8.48. The van der Waals surface area contributed by atoms with Gasteiger partial charge in [-0.3, -0.25) is 4.40 Å². The number of benzene rings is 2. The van der Waals surface area contributed by atoms with Crippen molar-refractivity contribution in [1.29, 1.82) is 5.26 Å². The molecule has 0 bridgehead atoms. The molecule has 1 saturated heterocycles. The van der Waals surface area contributed by atoms with Crippen LogP contribution in [0.25, 0.3) is 16.7 Å². The molecule has 2 aromatic carbocycles. The fourth-order valence-corrected chi connectivity index (χ4v) is 4.82. The molecule has 2 aromatic heterocycles. The van der Waals surface area contributed by atoms with Gasteiger partial charge in [-0.15, -0.1) is 6.58 Å². The van der Waals surface area contributed by atoms with Crippen molar-refractivity contribution >= 4 is 28.2 Å². The number of pyridine rings is 1. The van der Waals surface area contributed by atoms with Crippen molar-refractivity contribution in [1.82, 2.24) is 9.38 Å². The highest BCUT2D eigenvalue weighted by atomic mass is 15.3. The van der Waals surface area contributed by atoms with Crippen molar-refractivity contribution in [3.63, 3.8) is 0 Å². The van der Waals surface area contributed by atoms with Gasteiger partial charge in [0, 0.05) is 37.4 Å². The molecule has 5 rings (SSSR count). The number of nitrogens with zero attached hydrogens (tertiary/aromatic N) is 5. The Bertz CT molecular complexity index is 1350.